The monoisotopic (exact) mass is 365 g/mol. The van der Waals surface area contributed by atoms with E-state index in [0.29, 0.717) is 11.3 Å². The Balaban J connectivity index is 1.93. The molecule has 0 atom stereocenters. The lowest BCUT2D eigenvalue weighted by Crippen LogP contribution is -2.17. The molecular formula is C15H12BrNO5. The summed E-state index contributed by atoms with van der Waals surface area (Å²) in [7, 11) is 0. The molecule has 0 aromatic heterocycles. The molecule has 0 aliphatic heterocycles. The minimum Gasteiger partial charge on any atom is -0.482 e. The summed E-state index contributed by atoms with van der Waals surface area (Å²) in [6, 6.07) is 11.1. The van der Waals surface area contributed by atoms with E-state index < -0.39 is 10.9 Å². The van der Waals surface area contributed by atoms with Crippen LogP contribution in [-0.2, 0) is 4.79 Å². The van der Waals surface area contributed by atoms with E-state index in [1.165, 1.54) is 18.2 Å². The van der Waals surface area contributed by atoms with Gasteiger partial charge in [-0.15, -0.1) is 0 Å². The lowest BCUT2D eigenvalue weighted by Gasteiger charge is -2.07. The van der Waals surface area contributed by atoms with Crippen molar-refractivity contribution in [3.05, 3.63) is 62.6 Å². The molecule has 0 unspecified atom stereocenters. The van der Waals surface area contributed by atoms with Gasteiger partial charge in [-0.3, -0.25) is 10.1 Å². The van der Waals surface area contributed by atoms with Crippen molar-refractivity contribution in [2.75, 3.05) is 6.61 Å². The third kappa shape index (κ3) is 4.29. The molecule has 0 fully saturated rings. The van der Waals surface area contributed by atoms with E-state index in [1.54, 1.807) is 31.2 Å². The number of aryl methyl sites for hydroxylation is 1. The van der Waals surface area contributed by atoms with Crippen LogP contribution in [0.25, 0.3) is 0 Å². The molecule has 0 aliphatic carbocycles. The minimum absolute atomic E-state index is 0.0223. The van der Waals surface area contributed by atoms with Crippen LogP contribution in [0.3, 0.4) is 0 Å². The number of carbonyl (C=O) groups is 1. The first-order chi connectivity index (χ1) is 10.5. The van der Waals surface area contributed by atoms with Gasteiger partial charge >= 0.3 is 5.97 Å². The van der Waals surface area contributed by atoms with Gasteiger partial charge in [0, 0.05) is 16.1 Å². The van der Waals surface area contributed by atoms with Gasteiger partial charge in [-0.05, 0) is 43.3 Å². The zero-order valence-electron chi connectivity index (χ0n) is 11.6. The summed E-state index contributed by atoms with van der Waals surface area (Å²) in [5.74, 6) is 0.198. The fourth-order valence-corrected chi connectivity index (χ4v) is 1.99. The Bertz CT molecular complexity index is 700. The number of rotatable bonds is 5. The molecule has 0 spiro atoms. The third-order valence-electron chi connectivity index (χ3n) is 2.77. The largest absolute Gasteiger partial charge is 0.482 e. The van der Waals surface area contributed by atoms with Crippen LogP contribution in [0.4, 0.5) is 5.69 Å². The fourth-order valence-electron chi connectivity index (χ4n) is 1.73. The first-order valence-electron chi connectivity index (χ1n) is 6.30. The molecule has 114 valence electrons. The van der Waals surface area contributed by atoms with E-state index in [0.717, 1.165) is 4.47 Å². The summed E-state index contributed by atoms with van der Waals surface area (Å²) in [5.41, 5.74) is 0.398. The summed E-state index contributed by atoms with van der Waals surface area (Å²) in [6.45, 7) is 1.32. The van der Waals surface area contributed by atoms with Gasteiger partial charge in [-0.1, -0.05) is 15.9 Å². The van der Waals surface area contributed by atoms with Crippen molar-refractivity contribution >= 4 is 27.6 Å². The maximum atomic E-state index is 11.7. The maximum absolute atomic E-state index is 11.7. The topological polar surface area (TPSA) is 78.7 Å². The van der Waals surface area contributed by atoms with Gasteiger partial charge in [0.25, 0.3) is 5.69 Å². The van der Waals surface area contributed by atoms with Crippen molar-refractivity contribution in [3.8, 4) is 11.5 Å². The molecule has 22 heavy (non-hydrogen) atoms. The van der Waals surface area contributed by atoms with Gasteiger partial charge in [0.15, 0.2) is 6.61 Å². The smallest absolute Gasteiger partial charge is 0.349 e. The number of hydrogen-bond donors (Lipinski definition) is 0. The highest BCUT2D eigenvalue weighted by Gasteiger charge is 2.13. The molecule has 2 aromatic carbocycles. The van der Waals surface area contributed by atoms with Crippen molar-refractivity contribution in [2.45, 2.75) is 6.92 Å². The number of benzene rings is 2. The van der Waals surface area contributed by atoms with E-state index in [4.69, 9.17) is 9.47 Å². The van der Waals surface area contributed by atoms with Gasteiger partial charge in [0.2, 0.25) is 0 Å². The Morgan fingerprint density at radius 3 is 2.41 bits per heavy atom. The van der Waals surface area contributed by atoms with Crippen LogP contribution in [-0.4, -0.2) is 17.5 Å². The van der Waals surface area contributed by atoms with Crippen molar-refractivity contribution in [1.29, 1.82) is 0 Å². The van der Waals surface area contributed by atoms with Crippen molar-refractivity contribution < 1.29 is 19.2 Å². The Labute approximate surface area is 134 Å². The second-order valence-electron chi connectivity index (χ2n) is 4.42. The molecule has 0 amide bonds. The van der Waals surface area contributed by atoms with Crippen molar-refractivity contribution in [1.82, 2.24) is 0 Å². The summed E-state index contributed by atoms with van der Waals surface area (Å²) >= 11 is 3.30. The van der Waals surface area contributed by atoms with Crippen LogP contribution in [0.2, 0.25) is 0 Å². The van der Waals surface area contributed by atoms with Gasteiger partial charge in [0.1, 0.15) is 11.5 Å². The quantitative estimate of drug-likeness (QED) is 0.349. The normalized spacial score (nSPS) is 10.1. The first-order valence-corrected chi connectivity index (χ1v) is 7.09. The number of nitrogens with zero attached hydrogens (tertiary/aromatic N) is 1. The average Bonchev–Trinajstić information content (AvgIpc) is 2.46. The van der Waals surface area contributed by atoms with Gasteiger partial charge in [-0.2, -0.15) is 0 Å². The molecule has 0 aliphatic rings. The highest BCUT2D eigenvalue weighted by molar-refractivity contribution is 9.10. The Morgan fingerprint density at radius 1 is 1.18 bits per heavy atom. The number of halogens is 1. The number of nitro benzene ring substituents is 1. The average molecular weight is 366 g/mol. The van der Waals surface area contributed by atoms with Crippen LogP contribution in [0, 0.1) is 17.0 Å². The second kappa shape index (κ2) is 7.04. The highest BCUT2D eigenvalue weighted by atomic mass is 79.9. The molecule has 7 heteroatoms. The summed E-state index contributed by atoms with van der Waals surface area (Å²) < 4.78 is 11.3. The van der Waals surface area contributed by atoms with Crippen LogP contribution in [0.15, 0.2) is 46.9 Å². The van der Waals surface area contributed by atoms with Crippen LogP contribution in [0.5, 0.6) is 11.5 Å². The number of esters is 1. The molecule has 0 saturated carbocycles. The molecule has 6 nitrogen and oxygen atoms in total. The number of hydrogen-bond acceptors (Lipinski definition) is 5. The third-order valence-corrected chi connectivity index (χ3v) is 3.30. The van der Waals surface area contributed by atoms with Gasteiger partial charge in [0.05, 0.1) is 4.92 Å². The molecule has 0 heterocycles. The first kappa shape index (κ1) is 16.0. The predicted molar refractivity (Wildman–Crippen MR) is 83.1 cm³/mol. The molecule has 0 bridgehead atoms. The Kier molecular flexibility index (Phi) is 5.11. The van der Waals surface area contributed by atoms with E-state index in [-0.39, 0.29) is 18.0 Å². The fraction of sp³-hybridized carbons (Fsp3) is 0.133. The molecule has 0 radical (unpaired) electrons. The molecule has 2 aromatic rings. The Hall–Kier alpha value is -2.41. The van der Waals surface area contributed by atoms with E-state index in [2.05, 4.69) is 15.9 Å². The summed E-state index contributed by atoms with van der Waals surface area (Å²) in [4.78, 5) is 21.9. The SMILES string of the molecule is Cc1cc(OC(=O)COc2ccc(Br)cc2)ccc1[N+](=O)[O-]. The van der Waals surface area contributed by atoms with E-state index >= 15 is 0 Å². The molecule has 2 rings (SSSR count). The lowest BCUT2D eigenvalue weighted by atomic mass is 10.2. The van der Waals surface area contributed by atoms with Gasteiger partial charge in [-0.25, -0.2) is 4.79 Å². The summed E-state index contributed by atoms with van der Waals surface area (Å²) in [5, 5.41) is 10.7. The van der Waals surface area contributed by atoms with Crippen LogP contribution >= 0.6 is 15.9 Å². The van der Waals surface area contributed by atoms with Gasteiger partial charge < -0.3 is 9.47 Å². The standard InChI is InChI=1S/C15H12BrNO5/c1-10-8-13(6-7-14(10)17(19)20)22-15(18)9-21-12-4-2-11(16)3-5-12/h2-8H,9H2,1H3. The summed E-state index contributed by atoms with van der Waals surface area (Å²) in [6.07, 6.45) is 0. The zero-order valence-corrected chi connectivity index (χ0v) is 13.2. The number of ether oxygens (including phenoxy) is 2. The maximum Gasteiger partial charge on any atom is 0.349 e. The number of nitro groups is 1. The predicted octanol–water partition coefficient (Wildman–Crippen LogP) is 3.65. The Morgan fingerprint density at radius 2 is 1.82 bits per heavy atom. The zero-order chi connectivity index (χ0) is 16.1. The molecule has 0 N–H and O–H groups in total. The highest BCUT2D eigenvalue weighted by Crippen LogP contribution is 2.23. The number of carbonyl (C=O) groups excluding carboxylic acids is 1. The van der Waals surface area contributed by atoms with Crippen LogP contribution in [0.1, 0.15) is 5.56 Å². The lowest BCUT2D eigenvalue weighted by molar-refractivity contribution is -0.385. The van der Waals surface area contributed by atoms with Crippen LogP contribution < -0.4 is 9.47 Å². The second-order valence-corrected chi connectivity index (χ2v) is 5.34. The van der Waals surface area contributed by atoms with E-state index in [9.17, 15) is 14.9 Å². The van der Waals surface area contributed by atoms with E-state index in [1.807, 2.05) is 0 Å². The minimum atomic E-state index is -0.587. The molecular weight excluding hydrogens is 354 g/mol. The molecule has 0 saturated heterocycles. The van der Waals surface area contributed by atoms with Crippen molar-refractivity contribution in [3.63, 3.8) is 0 Å². The van der Waals surface area contributed by atoms with Crippen molar-refractivity contribution in [2.24, 2.45) is 0 Å².